The predicted molar refractivity (Wildman–Crippen MR) is 107 cm³/mol. The van der Waals surface area contributed by atoms with Crippen LogP contribution in [0.4, 0.5) is 10.8 Å². The molecule has 0 bridgehead atoms. The van der Waals surface area contributed by atoms with E-state index in [0.29, 0.717) is 12.3 Å². The highest BCUT2D eigenvalue weighted by atomic mass is 32.2. The van der Waals surface area contributed by atoms with Crippen molar-refractivity contribution >= 4 is 50.2 Å². The standard InChI is InChI=1S/C17H19N5O2S2/c1-4-24-12-7-5-11(6-8-12)20-13(23)9-25-16-14-15(18-10-19-16)21-17(26-14)22(2)3/h5-8,10H,4,9H2,1-3H3,(H,20,23). The Labute approximate surface area is 159 Å². The molecule has 3 aromatic rings. The van der Waals surface area contributed by atoms with Gasteiger partial charge in [-0.3, -0.25) is 4.79 Å². The van der Waals surface area contributed by atoms with Crippen molar-refractivity contribution in [1.29, 1.82) is 0 Å². The van der Waals surface area contributed by atoms with Gasteiger partial charge in [-0.15, -0.1) is 0 Å². The Morgan fingerprint density at radius 2 is 2.04 bits per heavy atom. The van der Waals surface area contributed by atoms with E-state index in [1.165, 1.54) is 29.4 Å². The minimum absolute atomic E-state index is 0.0942. The van der Waals surface area contributed by atoms with Crippen molar-refractivity contribution in [2.45, 2.75) is 11.9 Å². The minimum Gasteiger partial charge on any atom is -0.494 e. The normalized spacial score (nSPS) is 10.7. The number of nitrogens with one attached hydrogen (secondary N) is 1. The lowest BCUT2D eigenvalue weighted by Gasteiger charge is -2.07. The molecule has 0 aliphatic rings. The number of thioether (sulfide) groups is 1. The van der Waals surface area contributed by atoms with E-state index in [0.717, 1.165) is 26.3 Å². The highest BCUT2D eigenvalue weighted by molar-refractivity contribution is 8.00. The number of carbonyl (C=O) groups excluding carboxylic acids is 1. The van der Waals surface area contributed by atoms with E-state index in [1.54, 1.807) is 0 Å². The SMILES string of the molecule is CCOc1ccc(NC(=O)CSc2ncnc3nc(N(C)C)sc23)cc1. The summed E-state index contributed by atoms with van der Waals surface area (Å²) < 4.78 is 6.29. The molecule has 0 atom stereocenters. The van der Waals surface area contributed by atoms with Crippen LogP contribution in [0, 0.1) is 0 Å². The summed E-state index contributed by atoms with van der Waals surface area (Å²) in [6.45, 7) is 2.55. The van der Waals surface area contributed by atoms with E-state index in [4.69, 9.17) is 4.74 Å². The van der Waals surface area contributed by atoms with Crippen molar-refractivity contribution in [1.82, 2.24) is 15.0 Å². The third-order valence-corrected chi connectivity index (χ3v) is 5.66. The number of aromatic nitrogens is 3. The molecule has 0 unspecified atom stereocenters. The van der Waals surface area contributed by atoms with E-state index in [-0.39, 0.29) is 11.7 Å². The van der Waals surface area contributed by atoms with Crippen LogP contribution in [-0.4, -0.2) is 47.3 Å². The molecule has 0 spiro atoms. The van der Waals surface area contributed by atoms with Crippen molar-refractivity contribution in [3.05, 3.63) is 30.6 Å². The predicted octanol–water partition coefficient (Wildman–Crippen LogP) is 3.28. The zero-order valence-electron chi connectivity index (χ0n) is 14.7. The van der Waals surface area contributed by atoms with Gasteiger partial charge in [0.25, 0.3) is 0 Å². The molecule has 1 N–H and O–H groups in total. The first-order valence-electron chi connectivity index (χ1n) is 8.01. The molecule has 0 saturated carbocycles. The van der Waals surface area contributed by atoms with Gasteiger partial charge < -0.3 is 15.0 Å². The fourth-order valence-corrected chi connectivity index (χ4v) is 3.96. The van der Waals surface area contributed by atoms with Gasteiger partial charge in [0.2, 0.25) is 5.91 Å². The Bertz CT molecular complexity index is 896. The smallest absolute Gasteiger partial charge is 0.234 e. The highest BCUT2D eigenvalue weighted by Gasteiger charge is 2.13. The van der Waals surface area contributed by atoms with Gasteiger partial charge in [-0.1, -0.05) is 23.1 Å². The second-order valence-electron chi connectivity index (χ2n) is 5.52. The molecular formula is C17H19N5O2S2. The molecule has 0 saturated heterocycles. The van der Waals surface area contributed by atoms with Crippen LogP contribution >= 0.6 is 23.1 Å². The molecule has 0 aliphatic heterocycles. The molecule has 3 rings (SSSR count). The number of fused-ring (bicyclic) bond motifs is 1. The van der Waals surface area contributed by atoms with Crippen LogP contribution in [0.25, 0.3) is 10.3 Å². The molecule has 1 amide bonds. The Kier molecular flexibility index (Phi) is 5.89. The number of rotatable bonds is 7. The second-order valence-corrected chi connectivity index (χ2v) is 7.46. The number of nitrogens with zero attached hydrogens (tertiary/aromatic N) is 4. The summed E-state index contributed by atoms with van der Waals surface area (Å²) in [7, 11) is 3.87. The second kappa shape index (κ2) is 8.33. The Morgan fingerprint density at radius 3 is 2.73 bits per heavy atom. The molecule has 0 fully saturated rings. The van der Waals surface area contributed by atoms with Crippen LogP contribution in [0.2, 0.25) is 0 Å². The zero-order valence-corrected chi connectivity index (χ0v) is 16.4. The van der Waals surface area contributed by atoms with Crippen LogP contribution in [0.15, 0.2) is 35.6 Å². The van der Waals surface area contributed by atoms with Gasteiger partial charge in [0.1, 0.15) is 21.8 Å². The third kappa shape index (κ3) is 4.41. The molecule has 0 radical (unpaired) electrons. The largest absolute Gasteiger partial charge is 0.494 e. The van der Waals surface area contributed by atoms with E-state index < -0.39 is 0 Å². The molecule has 1 aromatic carbocycles. The maximum Gasteiger partial charge on any atom is 0.234 e. The summed E-state index contributed by atoms with van der Waals surface area (Å²) in [5.41, 5.74) is 1.39. The average molecular weight is 390 g/mol. The van der Waals surface area contributed by atoms with Crippen molar-refractivity contribution in [3.8, 4) is 5.75 Å². The number of carbonyl (C=O) groups is 1. The fraction of sp³-hybridized carbons (Fsp3) is 0.294. The first kappa shape index (κ1) is 18.4. The molecule has 7 nitrogen and oxygen atoms in total. The van der Waals surface area contributed by atoms with Crippen LogP contribution in [0.3, 0.4) is 0 Å². The molecular weight excluding hydrogens is 370 g/mol. The van der Waals surface area contributed by atoms with Gasteiger partial charge in [-0.25, -0.2) is 9.97 Å². The Morgan fingerprint density at radius 1 is 1.27 bits per heavy atom. The summed E-state index contributed by atoms with van der Waals surface area (Å²) in [5, 5.41) is 4.50. The lowest BCUT2D eigenvalue weighted by molar-refractivity contribution is -0.113. The van der Waals surface area contributed by atoms with Crippen molar-refractivity contribution in [2.24, 2.45) is 0 Å². The van der Waals surface area contributed by atoms with Gasteiger partial charge in [0.15, 0.2) is 10.8 Å². The number of hydrogen-bond acceptors (Lipinski definition) is 8. The van der Waals surface area contributed by atoms with Crippen molar-refractivity contribution < 1.29 is 9.53 Å². The maximum atomic E-state index is 12.2. The fourth-order valence-electron chi connectivity index (χ4n) is 2.15. The van der Waals surface area contributed by atoms with Gasteiger partial charge in [-0.05, 0) is 31.2 Å². The first-order valence-corrected chi connectivity index (χ1v) is 9.81. The van der Waals surface area contributed by atoms with Gasteiger partial charge >= 0.3 is 0 Å². The summed E-state index contributed by atoms with van der Waals surface area (Å²) in [6.07, 6.45) is 1.48. The number of amides is 1. The number of anilines is 2. The van der Waals surface area contributed by atoms with Crippen molar-refractivity contribution in [2.75, 3.05) is 36.7 Å². The first-order chi connectivity index (χ1) is 12.6. The van der Waals surface area contributed by atoms with E-state index >= 15 is 0 Å². The monoisotopic (exact) mass is 389 g/mol. The number of thiazole rings is 1. The Balaban J connectivity index is 1.63. The quantitative estimate of drug-likeness (QED) is 0.490. The van der Waals surface area contributed by atoms with Crippen LogP contribution in [0.1, 0.15) is 6.92 Å². The maximum absolute atomic E-state index is 12.2. The zero-order chi connectivity index (χ0) is 18.5. The lowest BCUT2D eigenvalue weighted by Crippen LogP contribution is -2.14. The average Bonchev–Trinajstić information content (AvgIpc) is 3.07. The van der Waals surface area contributed by atoms with Gasteiger partial charge in [0.05, 0.1) is 12.4 Å². The molecule has 2 heterocycles. The Hall–Kier alpha value is -2.39. The van der Waals surface area contributed by atoms with Gasteiger partial charge in [-0.2, -0.15) is 4.98 Å². The minimum atomic E-state index is -0.0942. The topological polar surface area (TPSA) is 80.2 Å². The van der Waals surface area contributed by atoms with Crippen LogP contribution < -0.4 is 15.0 Å². The lowest BCUT2D eigenvalue weighted by atomic mass is 10.3. The molecule has 136 valence electrons. The summed E-state index contributed by atoms with van der Waals surface area (Å²) in [4.78, 5) is 27.1. The molecule has 2 aromatic heterocycles. The number of benzene rings is 1. The third-order valence-electron chi connectivity index (χ3n) is 3.32. The van der Waals surface area contributed by atoms with E-state index in [9.17, 15) is 4.79 Å². The molecule has 26 heavy (non-hydrogen) atoms. The van der Waals surface area contributed by atoms with Crippen LogP contribution in [0.5, 0.6) is 5.75 Å². The summed E-state index contributed by atoms with van der Waals surface area (Å²) in [5.74, 6) is 0.947. The van der Waals surface area contributed by atoms with E-state index in [2.05, 4.69) is 20.3 Å². The summed E-state index contributed by atoms with van der Waals surface area (Å²) in [6, 6.07) is 7.31. The number of hydrogen-bond donors (Lipinski definition) is 1. The van der Waals surface area contributed by atoms with Crippen LogP contribution in [-0.2, 0) is 4.79 Å². The summed E-state index contributed by atoms with van der Waals surface area (Å²) >= 11 is 2.89. The van der Waals surface area contributed by atoms with Gasteiger partial charge in [0, 0.05) is 19.8 Å². The van der Waals surface area contributed by atoms with E-state index in [1.807, 2.05) is 50.2 Å². The van der Waals surface area contributed by atoms with Crippen molar-refractivity contribution in [3.63, 3.8) is 0 Å². The number of ether oxygens (including phenoxy) is 1. The molecule has 0 aliphatic carbocycles. The highest BCUT2D eigenvalue weighted by Crippen LogP contribution is 2.32. The molecule has 9 heteroatoms.